The Hall–Kier alpha value is -3.12. The number of benzene rings is 2. The second-order valence-electron chi connectivity index (χ2n) is 6.83. The normalized spacial score (nSPS) is 12.0. The molecule has 1 N–H and O–H groups in total. The highest BCUT2D eigenvalue weighted by Gasteiger charge is 2.19. The number of hydrogen-bond acceptors (Lipinski definition) is 4. The van der Waals surface area contributed by atoms with Gasteiger partial charge in [-0.15, -0.1) is 0 Å². The lowest BCUT2D eigenvalue weighted by atomic mass is 10.0. The molecule has 1 heterocycles. The van der Waals surface area contributed by atoms with Crippen LogP contribution in [0.15, 0.2) is 67.0 Å². The first-order chi connectivity index (χ1) is 13.6. The average Bonchev–Trinajstić information content (AvgIpc) is 3.21. The summed E-state index contributed by atoms with van der Waals surface area (Å²) in [7, 11) is 5.65. The first-order valence-electron chi connectivity index (χ1n) is 9.22. The second kappa shape index (κ2) is 9.19. The summed E-state index contributed by atoms with van der Waals surface area (Å²) in [5, 5.41) is 7.24. The molecule has 146 valence electrons. The van der Waals surface area contributed by atoms with E-state index >= 15 is 0 Å². The molecule has 1 amide bonds. The fraction of sp³-hybridized carbons (Fsp3) is 0.273. The predicted octanol–water partition coefficient (Wildman–Crippen LogP) is 2.97. The Balaban J connectivity index is 1.64. The largest absolute Gasteiger partial charge is 0.496 e. The van der Waals surface area contributed by atoms with Gasteiger partial charge in [0, 0.05) is 30.1 Å². The van der Waals surface area contributed by atoms with Gasteiger partial charge in [0.25, 0.3) is 5.91 Å². The summed E-state index contributed by atoms with van der Waals surface area (Å²) in [6, 6.07) is 17.4. The highest BCUT2D eigenvalue weighted by Crippen LogP contribution is 2.27. The van der Waals surface area contributed by atoms with Gasteiger partial charge < -0.3 is 15.0 Å². The number of aromatic nitrogens is 2. The van der Waals surface area contributed by atoms with Gasteiger partial charge in [0.15, 0.2) is 0 Å². The number of methoxy groups -OCH3 is 1. The van der Waals surface area contributed by atoms with E-state index in [2.05, 4.69) is 15.3 Å². The van der Waals surface area contributed by atoms with Crippen LogP contribution in [0.4, 0.5) is 0 Å². The molecule has 0 spiro atoms. The number of rotatable bonds is 8. The number of carbonyl (C=O) groups excluding carboxylic acids is 1. The molecule has 3 aromatic rings. The lowest BCUT2D eigenvalue weighted by Crippen LogP contribution is -2.34. The van der Waals surface area contributed by atoms with Gasteiger partial charge >= 0.3 is 0 Å². The Morgan fingerprint density at radius 3 is 2.54 bits per heavy atom. The average molecular weight is 378 g/mol. The summed E-state index contributed by atoms with van der Waals surface area (Å²) in [6.07, 6.45) is 3.67. The van der Waals surface area contributed by atoms with Gasteiger partial charge in [-0.2, -0.15) is 5.10 Å². The highest BCUT2D eigenvalue weighted by molar-refractivity contribution is 5.94. The lowest BCUT2D eigenvalue weighted by molar-refractivity contribution is 0.0941. The Bertz CT molecular complexity index is 889. The lowest BCUT2D eigenvalue weighted by Gasteiger charge is -2.26. The van der Waals surface area contributed by atoms with Crippen molar-refractivity contribution in [3.8, 4) is 5.75 Å². The first-order valence-corrected chi connectivity index (χ1v) is 9.22. The van der Waals surface area contributed by atoms with Crippen LogP contribution in [-0.4, -0.2) is 48.3 Å². The topological polar surface area (TPSA) is 59.4 Å². The van der Waals surface area contributed by atoms with Crippen molar-refractivity contribution in [1.29, 1.82) is 0 Å². The Morgan fingerprint density at radius 1 is 1.14 bits per heavy atom. The van der Waals surface area contributed by atoms with E-state index in [-0.39, 0.29) is 11.9 Å². The molecule has 3 rings (SSSR count). The number of hydrogen-bond donors (Lipinski definition) is 1. The van der Waals surface area contributed by atoms with Crippen molar-refractivity contribution in [2.24, 2.45) is 0 Å². The molecule has 1 atom stereocenters. The maximum atomic E-state index is 12.6. The van der Waals surface area contributed by atoms with Crippen LogP contribution in [0.5, 0.6) is 5.75 Å². The second-order valence-corrected chi connectivity index (χ2v) is 6.83. The van der Waals surface area contributed by atoms with Crippen LogP contribution in [0.2, 0.25) is 0 Å². The van der Waals surface area contributed by atoms with E-state index in [9.17, 15) is 4.79 Å². The van der Waals surface area contributed by atoms with Crippen LogP contribution < -0.4 is 10.1 Å². The van der Waals surface area contributed by atoms with Crippen LogP contribution in [0.25, 0.3) is 0 Å². The maximum Gasteiger partial charge on any atom is 0.251 e. The fourth-order valence-electron chi connectivity index (χ4n) is 3.15. The number of ether oxygens (including phenoxy) is 1. The van der Waals surface area contributed by atoms with E-state index in [1.807, 2.05) is 79.6 Å². The van der Waals surface area contributed by atoms with Crippen molar-refractivity contribution >= 4 is 5.91 Å². The van der Waals surface area contributed by atoms with Crippen molar-refractivity contribution in [1.82, 2.24) is 20.0 Å². The summed E-state index contributed by atoms with van der Waals surface area (Å²) in [5.74, 6) is 0.728. The molecule has 0 aliphatic rings. The van der Waals surface area contributed by atoms with Crippen LogP contribution >= 0.6 is 0 Å². The monoisotopic (exact) mass is 378 g/mol. The minimum atomic E-state index is -0.0904. The molecular weight excluding hydrogens is 352 g/mol. The van der Waals surface area contributed by atoms with Crippen molar-refractivity contribution in [2.45, 2.75) is 12.6 Å². The fourth-order valence-corrected chi connectivity index (χ4v) is 3.15. The van der Waals surface area contributed by atoms with Gasteiger partial charge in [-0.1, -0.05) is 30.3 Å². The standard InChI is InChI=1S/C22H26N4O2/c1-25(2)20(19-7-4-5-8-21(19)28-3)15-23-22(27)18-11-9-17(10-12-18)16-26-14-6-13-24-26/h4-14,20H,15-16H2,1-3H3,(H,23,27). The molecule has 0 fully saturated rings. The van der Waals surface area contributed by atoms with E-state index in [0.717, 1.165) is 16.9 Å². The van der Waals surface area contributed by atoms with Crippen molar-refractivity contribution in [3.63, 3.8) is 0 Å². The number of likely N-dealkylation sites (N-methyl/N-ethyl adjacent to an activating group) is 1. The van der Waals surface area contributed by atoms with Crippen LogP contribution in [0.1, 0.15) is 27.5 Å². The van der Waals surface area contributed by atoms with Gasteiger partial charge in [0.1, 0.15) is 5.75 Å². The van der Waals surface area contributed by atoms with E-state index < -0.39 is 0 Å². The Morgan fingerprint density at radius 2 is 1.89 bits per heavy atom. The molecule has 0 saturated heterocycles. The molecule has 0 aliphatic carbocycles. The quantitative estimate of drug-likeness (QED) is 0.655. The summed E-state index contributed by atoms with van der Waals surface area (Å²) in [6.45, 7) is 1.17. The minimum Gasteiger partial charge on any atom is -0.496 e. The van der Waals surface area contributed by atoms with Gasteiger partial charge in [-0.3, -0.25) is 9.48 Å². The Kier molecular flexibility index (Phi) is 6.45. The third-order valence-corrected chi connectivity index (χ3v) is 4.70. The highest BCUT2D eigenvalue weighted by atomic mass is 16.5. The number of carbonyl (C=O) groups is 1. The summed E-state index contributed by atoms with van der Waals surface area (Å²) >= 11 is 0. The van der Waals surface area contributed by atoms with Gasteiger partial charge in [-0.25, -0.2) is 0 Å². The molecule has 0 aliphatic heterocycles. The Labute approximate surface area is 165 Å². The molecule has 6 heteroatoms. The molecule has 6 nitrogen and oxygen atoms in total. The smallest absolute Gasteiger partial charge is 0.251 e. The van der Waals surface area contributed by atoms with Gasteiger partial charge in [-0.05, 0) is 43.9 Å². The molecule has 28 heavy (non-hydrogen) atoms. The van der Waals surface area contributed by atoms with Gasteiger partial charge in [0.2, 0.25) is 0 Å². The summed E-state index contributed by atoms with van der Waals surface area (Å²) < 4.78 is 7.33. The number of nitrogens with one attached hydrogen (secondary N) is 1. The summed E-state index contributed by atoms with van der Waals surface area (Å²) in [5.41, 5.74) is 2.78. The first kappa shape index (κ1) is 19.6. The zero-order valence-electron chi connectivity index (χ0n) is 16.5. The van der Waals surface area contributed by atoms with Crippen molar-refractivity contribution in [3.05, 3.63) is 83.7 Å². The number of amides is 1. The third kappa shape index (κ3) is 4.78. The molecule has 2 aromatic carbocycles. The van der Waals surface area contributed by atoms with E-state index in [4.69, 9.17) is 4.74 Å². The number of para-hydroxylation sites is 1. The molecule has 1 unspecified atom stereocenters. The van der Waals surface area contributed by atoms with E-state index in [1.165, 1.54) is 0 Å². The zero-order valence-corrected chi connectivity index (χ0v) is 16.5. The number of nitrogens with zero attached hydrogens (tertiary/aromatic N) is 3. The van der Waals surface area contributed by atoms with E-state index in [1.54, 1.807) is 13.3 Å². The van der Waals surface area contributed by atoms with E-state index in [0.29, 0.717) is 18.7 Å². The SMILES string of the molecule is COc1ccccc1C(CNC(=O)c1ccc(Cn2cccn2)cc1)N(C)C. The van der Waals surface area contributed by atoms with Crippen LogP contribution in [-0.2, 0) is 6.54 Å². The predicted molar refractivity (Wildman–Crippen MR) is 110 cm³/mol. The minimum absolute atomic E-state index is 0.0131. The zero-order chi connectivity index (χ0) is 19.9. The van der Waals surface area contributed by atoms with Crippen LogP contribution in [0.3, 0.4) is 0 Å². The molecule has 1 aromatic heterocycles. The maximum absolute atomic E-state index is 12.6. The van der Waals surface area contributed by atoms with Crippen LogP contribution in [0, 0.1) is 0 Å². The molecular formula is C22H26N4O2. The van der Waals surface area contributed by atoms with Crippen molar-refractivity contribution < 1.29 is 9.53 Å². The summed E-state index contributed by atoms with van der Waals surface area (Å²) in [4.78, 5) is 14.7. The molecule has 0 bridgehead atoms. The molecule has 0 radical (unpaired) electrons. The van der Waals surface area contributed by atoms with Crippen molar-refractivity contribution in [2.75, 3.05) is 27.7 Å². The molecule has 0 saturated carbocycles. The van der Waals surface area contributed by atoms with Gasteiger partial charge in [0.05, 0.1) is 19.7 Å². The third-order valence-electron chi connectivity index (χ3n) is 4.70.